The van der Waals surface area contributed by atoms with Gasteiger partial charge >= 0.3 is 0 Å². The summed E-state index contributed by atoms with van der Waals surface area (Å²) in [7, 11) is 0. The Morgan fingerprint density at radius 2 is 1.94 bits per heavy atom. The number of hydrogen-bond acceptors (Lipinski definition) is 4. The second-order valence-corrected chi connectivity index (χ2v) is 4.94. The highest BCUT2D eigenvalue weighted by Gasteiger charge is 2.09. The first kappa shape index (κ1) is 14.6. The van der Waals surface area contributed by atoms with Gasteiger partial charge in [0.05, 0.1) is 5.60 Å². The van der Waals surface area contributed by atoms with Crippen LogP contribution in [-0.4, -0.2) is 18.1 Å². The van der Waals surface area contributed by atoms with Crippen LogP contribution in [0, 0.1) is 0 Å². The van der Waals surface area contributed by atoms with Crippen molar-refractivity contribution in [2.45, 2.75) is 32.8 Å². The molecule has 98 valence electrons. The number of hydrazine groups is 1. The van der Waals surface area contributed by atoms with Crippen molar-refractivity contribution in [2.75, 3.05) is 6.54 Å². The van der Waals surface area contributed by atoms with Gasteiger partial charge in [-0.25, -0.2) is 10.2 Å². The van der Waals surface area contributed by atoms with Crippen molar-refractivity contribution >= 4 is 11.5 Å². The smallest absolute Gasteiger partial charge is 0.128 e. The Bertz CT molecular complexity index is 404. The molecule has 0 aliphatic rings. The predicted octanol–water partition coefficient (Wildman–Crippen LogP) is 2.12. The Morgan fingerprint density at radius 3 is 2.50 bits per heavy atom. The minimum atomic E-state index is -0.254. The normalized spacial score (nSPS) is 11.1. The van der Waals surface area contributed by atoms with Crippen molar-refractivity contribution in [2.24, 2.45) is 0 Å². The third-order valence-corrected chi connectivity index (χ3v) is 2.17. The fraction of sp³-hybridized carbons (Fsp3) is 0.429. The van der Waals surface area contributed by atoms with E-state index in [4.69, 9.17) is 4.84 Å². The molecule has 0 saturated heterocycles. The van der Waals surface area contributed by atoms with E-state index in [-0.39, 0.29) is 5.60 Å². The van der Waals surface area contributed by atoms with E-state index in [1.807, 2.05) is 57.0 Å². The molecule has 1 aromatic rings. The number of benzene rings is 1. The van der Waals surface area contributed by atoms with E-state index >= 15 is 0 Å². The summed E-state index contributed by atoms with van der Waals surface area (Å²) in [6.45, 7) is 6.43. The average molecular weight is 248 g/mol. The summed E-state index contributed by atoms with van der Waals surface area (Å²) in [6.07, 6.45) is 0.591. The highest BCUT2D eigenvalue weighted by Crippen LogP contribution is 2.13. The summed E-state index contributed by atoms with van der Waals surface area (Å²) < 4.78 is 0. The molecular weight excluding hydrogens is 228 g/mol. The van der Waals surface area contributed by atoms with Gasteiger partial charge < -0.3 is 0 Å². The zero-order chi connectivity index (χ0) is 13.4. The van der Waals surface area contributed by atoms with Crippen molar-refractivity contribution < 1.29 is 9.63 Å². The van der Waals surface area contributed by atoms with Gasteiger partial charge in [0.1, 0.15) is 5.94 Å². The van der Waals surface area contributed by atoms with Crippen molar-refractivity contribution in [3.8, 4) is 0 Å². The summed E-state index contributed by atoms with van der Waals surface area (Å²) in [5.41, 5.74) is 6.88. The first-order valence-corrected chi connectivity index (χ1v) is 5.98. The third-order valence-electron chi connectivity index (χ3n) is 2.17. The van der Waals surface area contributed by atoms with Gasteiger partial charge in [-0.3, -0.25) is 4.84 Å². The van der Waals surface area contributed by atoms with Crippen LogP contribution in [0.1, 0.15) is 32.8 Å². The first-order chi connectivity index (χ1) is 8.53. The van der Waals surface area contributed by atoms with E-state index in [9.17, 15) is 4.79 Å². The topological polar surface area (TPSA) is 50.4 Å². The molecule has 0 bridgehead atoms. The van der Waals surface area contributed by atoms with Gasteiger partial charge in [0.25, 0.3) is 0 Å². The molecule has 0 aromatic heterocycles. The molecule has 0 fully saturated rings. The molecule has 0 atom stereocenters. The maximum absolute atomic E-state index is 10.9. The third kappa shape index (κ3) is 5.75. The monoisotopic (exact) mass is 248 g/mol. The van der Waals surface area contributed by atoms with Gasteiger partial charge in [0.2, 0.25) is 0 Å². The van der Waals surface area contributed by atoms with Crippen LogP contribution in [0.5, 0.6) is 0 Å². The molecule has 0 heterocycles. The number of nitrogens with one attached hydrogen (secondary N) is 2. The van der Waals surface area contributed by atoms with Crippen molar-refractivity contribution in [3.63, 3.8) is 0 Å². The Morgan fingerprint density at radius 1 is 1.28 bits per heavy atom. The molecule has 0 unspecified atom stereocenters. The van der Waals surface area contributed by atoms with E-state index in [0.717, 1.165) is 5.56 Å². The number of carbonyl (C=O) groups excluding carboxylic acids is 1. The molecule has 1 rings (SSSR count). The van der Waals surface area contributed by atoms with Gasteiger partial charge in [-0.2, -0.15) is 0 Å². The van der Waals surface area contributed by atoms with Crippen molar-refractivity contribution in [3.05, 3.63) is 35.9 Å². The predicted molar refractivity (Wildman–Crippen MR) is 72.1 cm³/mol. The Kier molecular flexibility index (Phi) is 5.75. The van der Waals surface area contributed by atoms with E-state index in [0.29, 0.717) is 18.5 Å². The Hall–Kier alpha value is -1.45. The molecule has 0 saturated carbocycles. The first-order valence-electron chi connectivity index (χ1n) is 5.98. The van der Waals surface area contributed by atoms with E-state index in [2.05, 4.69) is 11.0 Å². The number of hydrogen-bond donors (Lipinski definition) is 2. The quantitative estimate of drug-likeness (QED) is 0.460. The highest BCUT2D eigenvalue weighted by molar-refractivity contribution is 5.87. The van der Waals surface area contributed by atoms with Crippen LogP contribution in [0.4, 0.5) is 0 Å². The lowest BCUT2D eigenvalue weighted by molar-refractivity contribution is -0.0922. The molecule has 0 radical (unpaired) electrons. The second-order valence-electron chi connectivity index (χ2n) is 4.94. The molecule has 0 aliphatic heterocycles. The van der Waals surface area contributed by atoms with E-state index < -0.39 is 0 Å². The average Bonchev–Trinajstić information content (AvgIpc) is 2.33. The molecule has 18 heavy (non-hydrogen) atoms. The van der Waals surface area contributed by atoms with Crippen molar-refractivity contribution in [1.29, 1.82) is 0 Å². The molecule has 2 N–H and O–H groups in total. The molecule has 4 heteroatoms. The molecule has 4 nitrogen and oxygen atoms in total. The van der Waals surface area contributed by atoms with Crippen molar-refractivity contribution in [1.82, 2.24) is 11.0 Å². The molecule has 0 amide bonds. The van der Waals surface area contributed by atoms with Gasteiger partial charge in [0, 0.05) is 12.1 Å². The Balaban J connectivity index is 2.32. The van der Waals surface area contributed by atoms with Gasteiger partial charge in [0.15, 0.2) is 0 Å². The van der Waals surface area contributed by atoms with Crippen LogP contribution in [0.25, 0.3) is 5.57 Å². The lowest BCUT2D eigenvalue weighted by Crippen LogP contribution is -2.39. The largest absolute Gasteiger partial charge is 0.281 e. The SMILES string of the molecule is CC(C)(C)ONNCCC(=C=O)c1ccccc1. The fourth-order valence-corrected chi connectivity index (χ4v) is 1.32. The van der Waals surface area contributed by atoms with Crippen LogP contribution in [0.15, 0.2) is 30.3 Å². The summed E-state index contributed by atoms with van der Waals surface area (Å²) in [5.74, 6) is 1.98. The van der Waals surface area contributed by atoms with Crippen LogP contribution in [0.3, 0.4) is 0 Å². The summed E-state index contributed by atoms with van der Waals surface area (Å²) in [6, 6.07) is 9.53. The summed E-state index contributed by atoms with van der Waals surface area (Å²) in [4.78, 5) is 16.2. The molecule has 0 aliphatic carbocycles. The zero-order valence-corrected chi connectivity index (χ0v) is 11.1. The maximum Gasteiger partial charge on any atom is 0.128 e. The fourth-order valence-electron chi connectivity index (χ4n) is 1.32. The Labute approximate surface area is 108 Å². The maximum atomic E-state index is 10.9. The van der Waals surface area contributed by atoms with Gasteiger partial charge in [-0.15, -0.1) is 5.59 Å². The molecule has 1 aromatic carbocycles. The van der Waals surface area contributed by atoms with Gasteiger partial charge in [-0.1, -0.05) is 30.3 Å². The summed E-state index contributed by atoms with van der Waals surface area (Å²) >= 11 is 0. The van der Waals surface area contributed by atoms with Crippen LogP contribution >= 0.6 is 0 Å². The van der Waals surface area contributed by atoms with Crippen LogP contribution < -0.4 is 11.0 Å². The number of rotatable bonds is 6. The molecular formula is C14H20N2O2. The molecule has 0 spiro atoms. The van der Waals surface area contributed by atoms with E-state index in [1.165, 1.54) is 0 Å². The standard InChI is InChI=1S/C14H20N2O2/c1-14(2,3)18-16-15-10-9-13(11-17)12-7-5-4-6-8-12/h4-8,15-16H,9-10H2,1-3H3. The lowest BCUT2D eigenvalue weighted by Gasteiger charge is -2.19. The minimum absolute atomic E-state index is 0.254. The van der Waals surface area contributed by atoms with Crippen LogP contribution in [-0.2, 0) is 9.63 Å². The minimum Gasteiger partial charge on any atom is -0.281 e. The van der Waals surface area contributed by atoms with E-state index in [1.54, 1.807) is 0 Å². The lowest BCUT2D eigenvalue weighted by atomic mass is 10.1. The van der Waals surface area contributed by atoms with Gasteiger partial charge in [-0.05, 0) is 32.8 Å². The highest BCUT2D eigenvalue weighted by atomic mass is 16.7. The van der Waals surface area contributed by atoms with Crippen LogP contribution in [0.2, 0.25) is 0 Å². The second kappa shape index (κ2) is 7.09. The summed E-state index contributed by atoms with van der Waals surface area (Å²) in [5, 5.41) is 0. The zero-order valence-electron chi connectivity index (χ0n) is 11.1.